The van der Waals surface area contributed by atoms with Crippen molar-refractivity contribution in [1.82, 2.24) is 20.8 Å². The number of hydrazone groups is 2. The van der Waals surface area contributed by atoms with E-state index in [1.54, 1.807) is 72.8 Å². The Morgan fingerprint density at radius 3 is 0.931 bits per heavy atom. The summed E-state index contributed by atoms with van der Waals surface area (Å²) in [7, 11) is -10.0. The summed E-state index contributed by atoms with van der Waals surface area (Å²) >= 11 is 0. The third-order valence-corrected chi connectivity index (χ3v) is 10.8. The molecule has 8 rings (SSSR count). The molecule has 0 aliphatic carbocycles. The van der Waals surface area contributed by atoms with E-state index in [1.807, 2.05) is 72.8 Å². The summed E-state index contributed by atoms with van der Waals surface area (Å²) < 4.78 is 73.8. The monoisotopic (exact) mass is 828 g/mol. The summed E-state index contributed by atoms with van der Waals surface area (Å²) in [5, 5.41) is 8.54. The molecule has 2 aliphatic rings. The Labute approximate surface area is 379 Å². The maximum Gasteiger partial charge on any atom is 1.00 e. The number of nitrogens with zero attached hydrogens (tertiary/aromatic N) is 6. The molecule has 2 aliphatic heterocycles. The summed E-state index contributed by atoms with van der Waals surface area (Å²) in [6.45, 7) is 0. The van der Waals surface area contributed by atoms with E-state index in [0.29, 0.717) is 22.6 Å². The normalized spacial score (nSPS) is 18.7. The number of nitrogens with one attached hydrogen (secondary N) is 2. The molecule has 2 unspecified atom stereocenters. The molecule has 6 aromatic rings. The van der Waals surface area contributed by atoms with Crippen LogP contribution in [0, 0.1) is 0 Å². The van der Waals surface area contributed by atoms with E-state index in [2.05, 4.69) is 41.0 Å². The Balaban J connectivity index is 0.000000214. The predicted octanol–water partition coefficient (Wildman–Crippen LogP) is -1.52. The van der Waals surface area contributed by atoms with Crippen LogP contribution in [-0.4, -0.2) is 58.8 Å². The molecule has 14 nitrogen and oxygen atoms in total. The summed E-state index contributed by atoms with van der Waals surface area (Å²) in [6, 6.07) is 45.7. The van der Waals surface area contributed by atoms with Crippen LogP contribution in [0.5, 0.6) is 0 Å². The summed E-state index contributed by atoms with van der Waals surface area (Å²) in [5.41, 5.74) is 9.03. The fourth-order valence-electron chi connectivity index (χ4n) is 5.86. The van der Waals surface area contributed by atoms with Gasteiger partial charge in [0, 0.05) is 34.6 Å². The molecule has 280 valence electrons. The second kappa shape index (κ2) is 18.9. The van der Waals surface area contributed by atoms with Crippen molar-refractivity contribution in [1.29, 1.82) is 0 Å². The van der Waals surface area contributed by atoms with E-state index in [4.69, 9.17) is 0 Å². The van der Waals surface area contributed by atoms with Crippen molar-refractivity contribution in [3.63, 3.8) is 0 Å². The van der Waals surface area contributed by atoms with Gasteiger partial charge < -0.3 is 9.11 Å². The first-order chi connectivity index (χ1) is 27.0. The summed E-state index contributed by atoms with van der Waals surface area (Å²) in [4.78, 5) is 12.2. The van der Waals surface area contributed by atoms with Crippen LogP contribution in [0.3, 0.4) is 0 Å². The van der Waals surface area contributed by atoms with Gasteiger partial charge in [0.15, 0.2) is 0 Å². The van der Waals surface area contributed by atoms with Crippen molar-refractivity contribution in [2.45, 2.75) is 9.99 Å². The van der Waals surface area contributed by atoms with Gasteiger partial charge in [-0.2, -0.15) is 10.2 Å². The number of hydrogen-bond acceptors (Lipinski definition) is 14. The van der Waals surface area contributed by atoms with Gasteiger partial charge in [-0.1, -0.05) is 133 Å². The molecule has 2 atom stereocenters. The zero-order chi connectivity index (χ0) is 39.2. The number of aromatic nitrogens is 2. The van der Waals surface area contributed by atoms with Crippen molar-refractivity contribution in [3.05, 3.63) is 204 Å². The van der Waals surface area contributed by atoms with E-state index in [-0.39, 0.29) is 81.9 Å². The second-order valence-electron chi connectivity index (χ2n) is 12.2. The molecule has 0 bridgehead atoms. The predicted molar refractivity (Wildman–Crippen MR) is 209 cm³/mol. The van der Waals surface area contributed by atoms with Gasteiger partial charge in [-0.25, -0.2) is 26.8 Å². The fraction of sp³-hybridized carbons (Fsp3) is 0.0500. The molecular weight excluding hydrogens is 799 g/mol. The molecule has 0 saturated carbocycles. The standard InChI is InChI=1S/2C20H16N4O3S.2Na/c2*25-28(26,27)20(17-13-7-8-14-21-17)22-18(15-9-3-1-4-10-15)19(23-24-20)16-11-5-2-6-12-16;;/h2*1-14,24H,(H,25,26,27);;/q;;2*+1/p-2. The summed E-state index contributed by atoms with van der Waals surface area (Å²) in [6.07, 6.45) is 2.80. The maximum atomic E-state index is 12.3. The third-order valence-electron chi connectivity index (χ3n) is 8.56. The van der Waals surface area contributed by atoms with E-state index in [1.165, 1.54) is 24.5 Å². The van der Waals surface area contributed by atoms with Crippen LogP contribution < -0.4 is 70.0 Å². The number of pyridine rings is 2. The van der Waals surface area contributed by atoms with E-state index < -0.39 is 30.2 Å². The smallest absolute Gasteiger partial charge is 0.744 e. The Kier molecular flexibility index (Phi) is 14.5. The van der Waals surface area contributed by atoms with Crippen LogP contribution in [0.1, 0.15) is 33.6 Å². The van der Waals surface area contributed by atoms with Gasteiger partial charge >= 0.3 is 59.1 Å². The Morgan fingerprint density at radius 1 is 0.397 bits per heavy atom. The molecule has 2 aromatic heterocycles. The largest absolute Gasteiger partial charge is 1.00 e. The molecule has 0 amide bonds. The van der Waals surface area contributed by atoms with Crippen molar-refractivity contribution in [3.8, 4) is 0 Å². The molecule has 4 heterocycles. The number of rotatable bonds is 8. The van der Waals surface area contributed by atoms with Gasteiger partial charge in [-0.15, -0.1) is 0 Å². The topological polar surface area (TPSA) is 214 Å². The number of aliphatic imine (C=N–C) groups is 2. The molecular formula is C40H30N8Na2O6S2. The molecule has 0 saturated heterocycles. The SMILES string of the molecule is O=S(=O)([O-])C1(c2ccccn2)N=C(c2ccccc2)C(c2ccccc2)=NN1.O=S(=O)([O-])C1(c2ccccn2)N=C(c2ccccc2)C(c2ccccc2)=NN1.[Na+].[Na+]. The van der Waals surface area contributed by atoms with Crippen LogP contribution in [0.2, 0.25) is 0 Å². The minimum Gasteiger partial charge on any atom is -0.744 e. The Hall–Kier alpha value is -4.72. The van der Waals surface area contributed by atoms with Crippen LogP contribution >= 0.6 is 0 Å². The Morgan fingerprint density at radius 2 is 0.672 bits per heavy atom. The molecule has 18 heteroatoms. The third kappa shape index (κ3) is 9.11. The fourth-order valence-corrected chi connectivity index (χ4v) is 7.34. The van der Waals surface area contributed by atoms with Crippen LogP contribution in [-0.2, 0) is 30.2 Å². The molecule has 0 fully saturated rings. The van der Waals surface area contributed by atoms with Gasteiger partial charge in [0.1, 0.15) is 43.0 Å². The van der Waals surface area contributed by atoms with E-state index >= 15 is 0 Å². The average Bonchev–Trinajstić information content (AvgIpc) is 3.24. The number of hydrogen-bond donors (Lipinski definition) is 2. The first-order valence-corrected chi connectivity index (χ1v) is 19.7. The minimum absolute atomic E-state index is 0. The quantitative estimate of drug-likeness (QED) is 0.134. The molecule has 0 radical (unpaired) electrons. The van der Waals surface area contributed by atoms with Crippen LogP contribution in [0.4, 0.5) is 0 Å². The number of benzene rings is 4. The first-order valence-electron chi connectivity index (χ1n) is 16.9. The van der Waals surface area contributed by atoms with Crippen molar-refractivity contribution in [2.75, 3.05) is 0 Å². The van der Waals surface area contributed by atoms with Gasteiger partial charge in [-0.05, 0) is 24.3 Å². The van der Waals surface area contributed by atoms with Gasteiger partial charge in [-0.3, -0.25) is 20.8 Å². The van der Waals surface area contributed by atoms with E-state index in [0.717, 1.165) is 11.1 Å². The van der Waals surface area contributed by atoms with E-state index in [9.17, 15) is 25.9 Å². The van der Waals surface area contributed by atoms with Crippen LogP contribution in [0.15, 0.2) is 190 Å². The van der Waals surface area contributed by atoms with Crippen molar-refractivity contribution in [2.24, 2.45) is 20.2 Å². The average molecular weight is 829 g/mol. The second-order valence-corrected chi connectivity index (χ2v) is 15.2. The summed E-state index contributed by atoms with van der Waals surface area (Å²) in [5.74, 6) is 0. The molecule has 0 spiro atoms. The maximum absolute atomic E-state index is 12.3. The van der Waals surface area contributed by atoms with Crippen molar-refractivity contribution < 1.29 is 85.1 Å². The van der Waals surface area contributed by atoms with Gasteiger partial charge in [0.2, 0.25) is 0 Å². The molecule has 58 heavy (non-hydrogen) atoms. The van der Waals surface area contributed by atoms with Crippen molar-refractivity contribution >= 4 is 43.1 Å². The first kappa shape index (κ1) is 44.4. The zero-order valence-electron chi connectivity index (χ0n) is 31.1. The van der Waals surface area contributed by atoms with Crippen LogP contribution in [0.25, 0.3) is 0 Å². The minimum atomic E-state index is -5.01. The zero-order valence-corrected chi connectivity index (χ0v) is 36.7. The van der Waals surface area contributed by atoms with Gasteiger partial charge in [0.25, 0.3) is 9.99 Å². The molecule has 4 aromatic carbocycles. The Bertz CT molecular complexity index is 2500. The van der Waals surface area contributed by atoms with Gasteiger partial charge in [0.05, 0.1) is 11.4 Å². The molecule has 2 N–H and O–H groups in total.